The number of para-hydroxylation sites is 1. The molecule has 0 atom stereocenters. The first kappa shape index (κ1) is 17.6. The molecule has 3 rings (SSSR count). The van der Waals surface area contributed by atoms with Gasteiger partial charge >= 0.3 is 0 Å². The predicted molar refractivity (Wildman–Crippen MR) is 94.1 cm³/mol. The van der Waals surface area contributed by atoms with E-state index in [9.17, 15) is 18.4 Å². The molecule has 2 amide bonds. The fraction of sp³-hybridized carbons (Fsp3) is 0.158. The molecule has 134 valence electrons. The van der Waals surface area contributed by atoms with E-state index in [0.29, 0.717) is 23.8 Å². The highest BCUT2D eigenvalue weighted by Crippen LogP contribution is 2.31. The Morgan fingerprint density at radius 3 is 2.54 bits per heavy atom. The zero-order chi connectivity index (χ0) is 18.7. The number of benzene rings is 2. The van der Waals surface area contributed by atoms with Gasteiger partial charge < -0.3 is 15.1 Å². The normalized spacial score (nSPS) is 10.7. The molecule has 26 heavy (non-hydrogen) atoms. The standard InChI is InChI=1S/C19H16F2N2O3/c1-2-5-16(24)23-17-12-6-3-4-7-15(12)26-18(17)19(25)22-11-8-9-13(20)14(21)10-11/h3-4,6-10H,2,5H2,1H3,(H,22,25)(H,23,24). The Kier molecular flexibility index (Phi) is 4.97. The molecular weight excluding hydrogens is 342 g/mol. The highest BCUT2D eigenvalue weighted by Gasteiger charge is 2.22. The molecule has 0 spiro atoms. The van der Waals surface area contributed by atoms with Gasteiger partial charge in [0.2, 0.25) is 11.7 Å². The molecule has 0 saturated carbocycles. The Morgan fingerprint density at radius 1 is 1.04 bits per heavy atom. The Hall–Kier alpha value is -3.22. The van der Waals surface area contributed by atoms with Crippen LogP contribution in [-0.2, 0) is 4.79 Å². The first-order valence-electron chi connectivity index (χ1n) is 8.07. The molecule has 5 nitrogen and oxygen atoms in total. The van der Waals surface area contributed by atoms with Crippen molar-refractivity contribution in [3.05, 3.63) is 59.9 Å². The Morgan fingerprint density at radius 2 is 1.81 bits per heavy atom. The van der Waals surface area contributed by atoms with Crippen molar-refractivity contribution < 1.29 is 22.8 Å². The number of amides is 2. The summed E-state index contributed by atoms with van der Waals surface area (Å²) in [5.74, 6) is -3.14. The van der Waals surface area contributed by atoms with Gasteiger partial charge in [-0.3, -0.25) is 9.59 Å². The van der Waals surface area contributed by atoms with Crippen LogP contribution in [0.1, 0.15) is 30.3 Å². The first-order valence-corrected chi connectivity index (χ1v) is 8.07. The summed E-state index contributed by atoms with van der Waals surface area (Å²) in [5, 5.41) is 5.71. The molecule has 1 heterocycles. The average molecular weight is 358 g/mol. The van der Waals surface area contributed by atoms with Crippen LogP contribution in [0.2, 0.25) is 0 Å². The van der Waals surface area contributed by atoms with E-state index in [1.807, 2.05) is 6.92 Å². The SMILES string of the molecule is CCCC(=O)Nc1c(C(=O)Nc2ccc(F)c(F)c2)oc2ccccc12. The molecule has 2 aromatic carbocycles. The molecule has 0 aliphatic rings. The Labute approximate surface area is 148 Å². The van der Waals surface area contributed by atoms with E-state index in [0.717, 1.165) is 12.1 Å². The zero-order valence-electron chi connectivity index (χ0n) is 13.9. The fourth-order valence-corrected chi connectivity index (χ4v) is 2.52. The van der Waals surface area contributed by atoms with Crippen molar-refractivity contribution in [2.24, 2.45) is 0 Å². The summed E-state index contributed by atoms with van der Waals surface area (Å²) in [6, 6.07) is 9.88. The van der Waals surface area contributed by atoms with Crippen LogP contribution in [0.25, 0.3) is 11.0 Å². The van der Waals surface area contributed by atoms with Crippen LogP contribution in [0.4, 0.5) is 20.2 Å². The first-order chi connectivity index (χ1) is 12.5. The maximum Gasteiger partial charge on any atom is 0.293 e. The number of fused-ring (bicyclic) bond motifs is 1. The number of halogens is 2. The van der Waals surface area contributed by atoms with Gasteiger partial charge in [0.05, 0.1) is 0 Å². The van der Waals surface area contributed by atoms with Crippen LogP contribution in [0.3, 0.4) is 0 Å². The van der Waals surface area contributed by atoms with Crippen molar-refractivity contribution >= 4 is 34.2 Å². The van der Waals surface area contributed by atoms with Crippen molar-refractivity contribution in [1.29, 1.82) is 0 Å². The number of nitrogens with one attached hydrogen (secondary N) is 2. The summed E-state index contributed by atoms with van der Waals surface area (Å²) in [4.78, 5) is 24.6. The quantitative estimate of drug-likeness (QED) is 0.694. The summed E-state index contributed by atoms with van der Waals surface area (Å²) in [5.41, 5.74) is 0.744. The number of carbonyl (C=O) groups excluding carboxylic acids is 2. The van der Waals surface area contributed by atoms with Crippen LogP contribution < -0.4 is 10.6 Å². The van der Waals surface area contributed by atoms with Gasteiger partial charge in [-0.15, -0.1) is 0 Å². The lowest BCUT2D eigenvalue weighted by Crippen LogP contribution is -2.16. The van der Waals surface area contributed by atoms with Gasteiger partial charge in [0.15, 0.2) is 11.6 Å². The molecule has 3 aromatic rings. The monoisotopic (exact) mass is 358 g/mol. The molecule has 1 aromatic heterocycles. The zero-order valence-corrected chi connectivity index (χ0v) is 13.9. The van der Waals surface area contributed by atoms with Gasteiger partial charge in [0, 0.05) is 23.6 Å². The topological polar surface area (TPSA) is 71.3 Å². The second-order valence-electron chi connectivity index (χ2n) is 5.68. The highest BCUT2D eigenvalue weighted by atomic mass is 19.2. The van der Waals surface area contributed by atoms with Crippen LogP contribution in [-0.4, -0.2) is 11.8 Å². The second-order valence-corrected chi connectivity index (χ2v) is 5.68. The number of hydrogen-bond acceptors (Lipinski definition) is 3. The van der Waals surface area contributed by atoms with E-state index < -0.39 is 17.5 Å². The maximum absolute atomic E-state index is 13.3. The third-order valence-corrected chi connectivity index (χ3v) is 3.72. The third kappa shape index (κ3) is 3.56. The van der Waals surface area contributed by atoms with E-state index in [4.69, 9.17) is 4.42 Å². The molecule has 0 aliphatic heterocycles. The summed E-state index contributed by atoms with van der Waals surface area (Å²) in [7, 11) is 0. The molecule has 0 bridgehead atoms. The van der Waals surface area contributed by atoms with Crippen molar-refractivity contribution in [2.45, 2.75) is 19.8 Å². The van der Waals surface area contributed by atoms with E-state index in [1.54, 1.807) is 24.3 Å². The lowest BCUT2D eigenvalue weighted by molar-refractivity contribution is -0.116. The van der Waals surface area contributed by atoms with Crippen LogP contribution in [0, 0.1) is 11.6 Å². The van der Waals surface area contributed by atoms with Crippen molar-refractivity contribution in [3.63, 3.8) is 0 Å². The molecule has 0 unspecified atom stereocenters. The van der Waals surface area contributed by atoms with Crippen molar-refractivity contribution in [2.75, 3.05) is 10.6 Å². The van der Waals surface area contributed by atoms with Gasteiger partial charge in [-0.05, 0) is 30.7 Å². The highest BCUT2D eigenvalue weighted by molar-refractivity contribution is 6.14. The molecule has 0 radical (unpaired) electrons. The van der Waals surface area contributed by atoms with E-state index >= 15 is 0 Å². The molecule has 0 saturated heterocycles. The molecule has 0 aliphatic carbocycles. The third-order valence-electron chi connectivity index (χ3n) is 3.72. The lowest BCUT2D eigenvalue weighted by Gasteiger charge is -2.07. The smallest absolute Gasteiger partial charge is 0.293 e. The molecular formula is C19H16F2N2O3. The van der Waals surface area contributed by atoms with Gasteiger partial charge in [-0.25, -0.2) is 8.78 Å². The number of furan rings is 1. The van der Waals surface area contributed by atoms with E-state index in [-0.39, 0.29) is 23.0 Å². The second kappa shape index (κ2) is 7.35. The van der Waals surface area contributed by atoms with Gasteiger partial charge in [0.1, 0.15) is 11.3 Å². The lowest BCUT2D eigenvalue weighted by atomic mass is 10.2. The van der Waals surface area contributed by atoms with Gasteiger partial charge in [-0.1, -0.05) is 19.1 Å². The van der Waals surface area contributed by atoms with Crippen LogP contribution >= 0.6 is 0 Å². The van der Waals surface area contributed by atoms with Crippen molar-refractivity contribution in [3.8, 4) is 0 Å². The molecule has 7 heteroatoms. The van der Waals surface area contributed by atoms with E-state index in [2.05, 4.69) is 10.6 Å². The number of hydrogen-bond donors (Lipinski definition) is 2. The fourth-order valence-electron chi connectivity index (χ4n) is 2.52. The minimum Gasteiger partial charge on any atom is -0.449 e. The van der Waals surface area contributed by atoms with Crippen LogP contribution in [0.5, 0.6) is 0 Å². The molecule has 2 N–H and O–H groups in total. The summed E-state index contributed by atoms with van der Waals surface area (Å²) in [6.45, 7) is 1.86. The summed E-state index contributed by atoms with van der Waals surface area (Å²) in [6.07, 6.45) is 0.946. The van der Waals surface area contributed by atoms with Crippen LogP contribution in [0.15, 0.2) is 46.9 Å². The largest absolute Gasteiger partial charge is 0.449 e. The Balaban J connectivity index is 1.95. The Bertz CT molecular complexity index is 982. The van der Waals surface area contributed by atoms with E-state index in [1.165, 1.54) is 6.07 Å². The molecule has 0 fully saturated rings. The summed E-state index contributed by atoms with van der Waals surface area (Å²) < 4.78 is 31.9. The minimum absolute atomic E-state index is 0.0696. The van der Waals surface area contributed by atoms with Gasteiger partial charge in [0.25, 0.3) is 5.91 Å². The average Bonchev–Trinajstić information content (AvgIpc) is 2.97. The number of carbonyl (C=O) groups is 2. The van der Waals surface area contributed by atoms with Crippen molar-refractivity contribution in [1.82, 2.24) is 0 Å². The minimum atomic E-state index is -1.08. The number of rotatable bonds is 5. The number of anilines is 2. The predicted octanol–water partition coefficient (Wildman–Crippen LogP) is 4.70. The summed E-state index contributed by atoms with van der Waals surface area (Å²) >= 11 is 0. The van der Waals surface area contributed by atoms with Gasteiger partial charge in [-0.2, -0.15) is 0 Å². The maximum atomic E-state index is 13.3.